The molecule has 76 valence electrons. The molecule has 0 atom stereocenters. The number of aryl methyl sites for hydroxylation is 2. The lowest BCUT2D eigenvalue weighted by Gasteiger charge is -2.06. The molecule has 0 saturated heterocycles. The van der Waals surface area contributed by atoms with E-state index in [1.807, 2.05) is 31.2 Å². The predicted molar refractivity (Wildman–Crippen MR) is 63.0 cm³/mol. The van der Waals surface area contributed by atoms with Crippen molar-refractivity contribution in [3.05, 3.63) is 53.6 Å². The van der Waals surface area contributed by atoms with Crippen molar-refractivity contribution in [1.82, 2.24) is 0 Å². The molecule has 2 aromatic carbocycles. The van der Waals surface area contributed by atoms with Crippen LogP contribution >= 0.6 is 0 Å². The van der Waals surface area contributed by atoms with Gasteiger partial charge in [0.05, 0.1) is 0 Å². The van der Waals surface area contributed by atoms with Gasteiger partial charge in [-0.25, -0.2) is 0 Å². The molecule has 0 aromatic heterocycles. The lowest BCUT2D eigenvalue weighted by Crippen LogP contribution is -1.81. The molecule has 0 fully saturated rings. The predicted octanol–water partition coefficient (Wildman–Crippen LogP) is 3.68. The quantitative estimate of drug-likeness (QED) is 0.741. The van der Waals surface area contributed by atoms with Gasteiger partial charge in [-0.05, 0) is 31.0 Å². The molecule has 2 aromatic rings. The van der Waals surface area contributed by atoms with E-state index in [0.29, 0.717) is 5.75 Å². The normalized spacial score (nSPS) is 10.3. The van der Waals surface area contributed by atoms with Crippen LogP contribution in [-0.4, -0.2) is 5.11 Å². The third-order valence-electron chi connectivity index (χ3n) is 2.48. The largest absolute Gasteiger partial charge is 0.507 e. The van der Waals surface area contributed by atoms with Crippen LogP contribution < -0.4 is 0 Å². The van der Waals surface area contributed by atoms with Crippen LogP contribution in [0.15, 0.2) is 42.5 Å². The smallest absolute Gasteiger partial charge is 0.123 e. The Kier molecular flexibility index (Phi) is 2.46. The van der Waals surface area contributed by atoms with Crippen LogP contribution in [0.5, 0.6) is 5.75 Å². The summed E-state index contributed by atoms with van der Waals surface area (Å²) in [5.74, 6) is 0.348. The van der Waals surface area contributed by atoms with E-state index in [4.69, 9.17) is 0 Å². The lowest BCUT2D eigenvalue weighted by molar-refractivity contribution is 0.477. The van der Waals surface area contributed by atoms with E-state index in [9.17, 15) is 5.11 Å². The first-order valence-electron chi connectivity index (χ1n) is 5.03. The molecule has 1 heteroatoms. The fourth-order valence-electron chi connectivity index (χ4n) is 1.70. The fraction of sp³-hybridized carbons (Fsp3) is 0.143. The molecular formula is C14H14O. The van der Waals surface area contributed by atoms with E-state index >= 15 is 0 Å². The molecule has 15 heavy (non-hydrogen) atoms. The van der Waals surface area contributed by atoms with Gasteiger partial charge in [0.25, 0.3) is 0 Å². The van der Waals surface area contributed by atoms with Crippen LogP contribution in [-0.2, 0) is 0 Å². The second-order valence-electron chi connectivity index (χ2n) is 3.89. The summed E-state index contributed by atoms with van der Waals surface area (Å²) in [5, 5.41) is 9.84. The van der Waals surface area contributed by atoms with Crippen molar-refractivity contribution in [3.8, 4) is 16.9 Å². The average Bonchev–Trinajstić information content (AvgIpc) is 2.17. The standard InChI is InChI=1S/C14H14O/c1-10-4-3-5-12(8-10)13-7-6-11(2)9-14(13)15/h3-9,15H,1-2H3. The first-order valence-corrected chi connectivity index (χ1v) is 5.03. The molecule has 0 spiro atoms. The Balaban J connectivity index is 2.54. The number of rotatable bonds is 1. The third kappa shape index (κ3) is 2.01. The molecule has 2 rings (SSSR count). The Morgan fingerprint density at radius 1 is 0.867 bits per heavy atom. The molecule has 0 heterocycles. The van der Waals surface area contributed by atoms with Crippen molar-refractivity contribution in [2.45, 2.75) is 13.8 Å². The van der Waals surface area contributed by atoms with Crippen molar-refractivity contribution in [2.24, 2.45) is 0 Å². The number of hydrogen-bond acceptors (Lipinski definition) is 1. The number of benzene rings is 2. The molecule has 0 bridgehead atoms. The zero-order valence-corrected chi connectivity index (χ0v) is 8.99. The summed E-state index contributed by atoms with van der Waals surface area (Å²) in [5.41, 5.74) is 4.23. The lowest BCUT2D eigenvalue weighted by atomic mass is 10.0. The van der Waals surface area contributed by atoms with Gasteiger partial charge < -0.3 is 5.11 Å². The summed E-state index contributed by atoms with van der Waals surface area (Å²) < 4.78 is 0. The van der Waals surface area contributed by atoms with Gasteiger partial charge in [-0.2, -0.15) is 0 Å². The summed E-state index contributed by atoms with van der Waals surface area (Å²) in [7, 11) is 0. The summed E-state index contributed by atoms with van der Waals surface area (Å²) in [6, 6.07) is 13.9. The molecule has 1 N–H and O–H groups in total. The van der Waals surface area contributed by atoms with E-state index in [0.717, 1.165) is 16.7 Å². The minimum absolute atomic E-state index is 0.348. The Bertz CT molecular complexity index is 486. The molecule has 0 aliphatic rings. The van der Waals surface area contributed by atoms with E-state index in [1.54, 1.807) is 6.07 Å². The van der Waals surface area contributed by atoms with Gasteiger partial charge in [-0.3, -0.25) is 0 Å². The summed E-state index contributed by atoms with van der Waals surface area (Å²) in [6.45, 7) is 4.02. The molecular weight excluding hydrogens is 184 g/mol. The van der Waals surface area contributed by atoms with Crippen molar-refractivity contribution in [3.63, 3.8) is 0 Å². The molecule has 1 nitrogen and oxygen atoms in total. The third-order valence-corrected chi connectivity index (χ3v) is 2.48. The van der Waals surface area contributed by atoms with Crippen LogP contribution in [0.25, 0.3) is 11.1 Å². The number of phenols is 1. The summed E-state index contributed by atoms with van der Waals surface area (Å²) >= 11 is 0. The van der Waals surface area contributed by atoms with E-state index in [-0.39, 0.29) is 0 Å². The van der Waals surface area contributed by atoms with Crippen molar-refractivity contribution in [2.75, 3.05) is 0 Å². The van der Waals surface area contributed by atoms with Crippen LogP contribution in [0.3, 0.4) is 0 Å². The van der Waals surface area contributed by atoms with Crippen molar-refractivity contribution < 1.29 is 5.11 Å². The van der Waals surface area contributed by atoms with E-state index in [1.165, 1.54) is 5.56 Å². The van der Waals surface area contributed by atoms with E-state index < -0.39 is 0 Å². The second-order valence-corrected chi connectivity index (χ2v) is 3.89. The van der Waals surface area contributed by atoms with Gasteiger partial charge in [0.1, 0.15) is 5.75 Å². The number of aromatic hydroxyl groups is 1. The average molecular weight is 198 g/mol. The molecule has 0 aliphatic heterocycles. The Hall–Kier alpha value is -1.76. The second kappa shape index (κ2) is 3.77. The van der Waals surface area contributed by atoms with Gasteiger partial charge in [0.15, 0.2) is 0 Å². The van der Waals surface area contributed by atoms with Gasteiger partial charge in [-0.15, -0.1) is 0 Å². The van der Waals surface area contributed by atoms with Crippen molar-refractivity contribution >= 4 is 0 Å². The Morgan fingerprint density at radius 3 is 2.27 bits per heavy atom. The highest BCUT2D eigenvalue weighted by Crippen LogP contribution is 2.29. The fourth-order valence-corrected chi connectivity index (χ4v) is 1.70. The van der Waals surface area contributed by atoms with Crippen LogP contribution in [0.4, 0.5) is 0 Å². The minimum atomic E-state index is 0.348. The molecule has 0 amide bonds. The maximum Gasteiger partial charge on any atom is 0.123 e. The molecule has 0 saturated carbocycles. The van der Waals surface area contributed by atoms with Crippen LogP contribution in [0.1, 0.15) is 11.1 Å². The first-order chi connectivity index (χ1) is 7.16. The topological polar surface area (TPSA) is 20.2 Å². The van der Waals surface area contributed by atoms with Crippen LogP contribution in [0, 0.1) is 13.8 Å². The summed E-state index contributed by atoms with van der Waals surface area (Å²) in [4.78, 5) is 0. The number of hydrogen-bond donors (Lipinski definition) is 1. The summed E-state index contributed by atoms with van der Waals surface area (Å²) in [6.07, 6.45) is 0. The maximum atomic E-state index is 9.84. The van der Waals surface area contributed by atoms with Crippen LogP contribution in [0.2, 0.25) is 0 Å². The van der Waals surface area contributed by atoms with Gasteiger partial charge >= 0.3 is 0 Å². The van der Waals surface area contributed by atoms with Gasteiger partial charge in [0, 0.05) is 5.56 Å². The SMILES string of the molecule is Cc1cccc(-c2ccc(C)cc2O)c1. The van der Waals surface area contributed by atoms with E-state index in [2.05, 4.69) is 19.1 Å². The first kappa shape index (κ1) is 9.78. The Morgan fingerprint density at radius 2 is 1.60 bits per heavy atom. The Labute approximate surface area is 90.0 Å². The van der Waals surface area contributed by atoms with Crippen molar-refractivity contribution in [1.29, 1.82) is 0 Å². The molecule has 0 aliphatic carbocycles. The monoisotopic (exact) mass is 198 g/mol. The minimum Gasteiger partial charge on any atom is -0.507 e. The van der Waals surface area contributed by atoms with Gasteiger partial charge in [0.2, 0.25) is 0 Å². The highest BCUT2D eigenvalue weighted by Gasteiger charge is 2.03. The maximum absolute atomic E-state index is 9.84. The highest BCUT2D eigenvalue weighted by atomic mass is 16.3. The zero-order valence-electron chi connectivity index (χ0n) is 8.99. The van der Waals surface area contributed by atoms with Gasteiger partial charge in [-0.1, -0.05) is 42.0 Å². The zero-order chi connectivity index (χ0) is 10.8. The molecule has 0 unspecified atom stereocenters. The highest BCUT2D eigenvalue weighted by molar-refractivity contribution is 5.70. The molecule has 0 radical (unpaired) electrons. The number of phenolic OH excluding ortho intramolecular Hbond substituents is 1.